The molecule has 1 amide bonds. The second-order valence-corrected chi connectivity index (χ2v) is 5.09. The Balaban J connectivity index is 0.00000161. The molecule has 6 nitrogen and oxygen atoms in total. The van der Waals surface area contributed by atoms with Gasteiger partial charge in [-0.2, -0.15) is 0 Å². The molecule has 1 fully saturated rings. The molecule has 0 radical (unpaired) electrons. The molecule has 0 aromatic carbocycles. The first-order valence-corrected chi connectivity index (χ1v) is 7.00. The lowest BCUT2D eigenvalue weighted by atomic mass is 10.1. The second-order valence-electron chi connectivity index (χ2n) is 5.09. The number of amides is 1. The zero-order valence-electron chi connectivity index (χ0n) is 11.9. The summed E-state index contributed by atoms with van der Waals surface area (Å²) in [6, 6.07) is 1.97. The molecule has 114 valence electrons. The molecule has 2 aromatic rings. The van der Waals surface area contributed by atoms with Gasteiger partial charge in [0.05, 0.1) is 16.6 Å². The van der Waals surface area contributed by atoms with Crippen LogP contribution in [0.25, 0.3) is 11.1 Å². The van der Waals surface area contributed by atoms with Crippen molar-refractivity contribution in [3.63, 3.8) is 0 Å². The highest BCUT2D eigenvalue weighted by Crippen LogP contribution is 2.22. The first-order chi connectivity index (χ1) is 9.74. The second kappa shape index (κ2) is 6.41. The first-order valence-electron chi connectivity index (χ1n) is 7.00. The number of aryl methyl sites for hydroxylation is 1. The Kier molecular flexibility index (Phi) is 4.80. The average molecular weight is 311 g/mol. The van der Waals surface area contributed by atoms with Gasteiger partial charge in [-0.3, -0.25) is 4.79 Å². The van der Waals surface area contributed by atoms with Crippen LogP contribution in [0.5, 0.6) is 0 Å². The van der Waals surface area contributed by atoms with Crippen LogP contribution in [0.15, 0.2) is 16.8 Å². The molecule has 1 unspecified atom stereocenters. The summed E-state index contributed by atoms with van der Waals surface area (Å²) in [7, 11) is 0. The normalized spacial score (nSPS) is 18.0. The van der Waals surface area contributed by atoms with E-state index < -0.39 is 0 Å². The van der Waals surface area contributed by atoms with E-state index >= 15 is 0 Å². The number of carbonyl (C=O) groups excluding carboxylic acids is 1. The topological polar surface area (TPSA) is 85.2 Å². The summed E-state index contributed by atoms with van der Waals surface area (Å²) in [6.45, 7) is 3.27. The quantitative estimate of drug-likeness (QED) is 0.934. The van der Waals surface area contributed by atoms with Crippen LogP contribution in [0, 0.1) is 0 Å². The Morgan fingerprint density at radius 2 is 2.38 bits per heavy atom. The van der Waals surface area contributed by atoms with Crippen LogP contribution < -0.4 is 5.73 Å². The van der Waals surface area contributed by atoms with E-state index in [9.17, 15) is 4.79 Å². The van der Waals surface area contributed by atoms with Crippen molar-refractivity contribution in [3.05, 3.63) is 23.5 Å². The van der Waals surface area contributed by atoms with Crippen molar-refractivity contribution in [1.82, 2.24) is 15.0 Å². The summed E-state index contributed by atoms with van der Waals surface area (Å²) in [5.74, 6) is -0.00407. The van der Waals surface area contributed by atoms with E-state index in [1.165, 1.54) is 0 Å². The Hall–Kier alpha value is -1.66. The molecule has 7 heteroatoms. The van der Waals surface area contributed by atoms with E-state index in [1.54, 1.807) is 6.20 Å². The molecule has 2 N–H and O–H groups in total. The van der Waals surface area contributed by atoms with Gasteiger partial charge in [-0.1, -0.05) is 12.1 Å². The lowest BCUT2D eigenvalue weighted by molar-refractivity contribution is 0.0741. The number of fused-ring (bicyclic) bond motifs is 1. The van der Waals surface area contributed by atoms with Crippen LogP contribution in [0.1, 0.15) is 35.8 Å². The van der Waals surface area contributed by atoms with Crippen LogP contribution in [0.2, 0.25) is 0 Å². The zero-order valence-corrected chi connectivity index (χ0v) is 12.7. The van der Waals surface area contributed by atoms with E-state index in [2.05, 4.69) is 10.1 Å². The highest BCUT2D eigenvalue weighted by Gasteiger charge is 2.28. The molecule has 1 aliphatic rings. The van der Waals surface area contributed by atoms with Gasteiger partial charge in [0.1, 0.15) is 0 Å². The third kappa shape index (κ3) is 2.73. The van der Waals surface area contributed by atoms with Gasteiger partial charge in [-0.25, -0.2) is 4.98 Å². The summed E-state index contributed by atoms with van der Waals surface area (Å²) in [6.07, 6.45) is 4.30. The molecule has 1 atom stereocenters. The molecule has 3 rings (SSSR count). The Morgan fingerprint density at radius 3 is 3.10 bits per heavy atom. The predicted molar refractivity (Wildman–Crippen MR) is 81.5 cm³/mol. The summed E-state index contributed by atoms with van der Waals surface area (Å²) < 4.78 is 5.14. The van der Waals surface area contributed by atoms with Crippen molar-refractivity contribution >= 4 is 29.4 Å². The maximum atomic E-state index is 12.6. The SMILES string of the molecule is CCc1noc2ncc(C(=O)N3CCCC3CN)cc12.Cl. The number of hydrogen-bond acceptors (Lipinski definition) is 5. The fourth-order valence-electron chi connectivity index (χ4n) is 2.77. The molecular formula is C14H19ClN4O2. The van der Waals surface area contributed by atoms with Crippen molar-refractivity contribution in [3.8, 4) is 0 Å². The number of halogens is 1. The van der Waals surface area contributed by atoms with Gasteiger partial charge in [-0.15, -0.1) is 12.4 Å². The van der Waals surface area contributed by atoms with Gasteiger partial charge in [-0.05, 0) is 25.3 Å². The number of nitrogens with zero attached hydrogens (tertiary/aromatic N) is 3. The maximum Gasteiger partial charge on any atom is 0.257 e. The molecule has 1 saturated heterocycles. The summed E-state index contributed by atoms with van der Waals surface area (Å²) >= 11 is 0. The predicted octanol–water partition coefficient (Wildman–Crippen LogP) is 1.77. The lowest BCUT2D eigenvalue weighted by Crippen LogP contribution is -2.39. The van der Waals surface area contributed by atoms with Crippen LogP contribution in [0.4, 0.5) is 0 Å². The number of nitrogens with two attached hydrogens (primary N) is 1. The van der Waals surface area contributed by atoms with Crippen LogP contribution in [-0.2, 0) is 6.42 Å². The number of aromatic nitrogens is 2. The van der Waals surface area contributed by atoms with Gasteiger partial charge in [0.15, 0.2) is 0 Å². The van der Waals surface area contributed by atoms with E-state index in [1.807, 2.05) is 17.9 Å². The number of rotatable bonds is 3. The van der Waals surface area contributed by atoms with Crippen molar-refractivity contribution < 1.29 is 9.32 Å². The minimum absolute atomic E-state index is 0. The molecule has 0 bridgehead atoms. The van der Waals surface area contributed by atoms with Crippen molar-refractivity contribution in [1.29, 1.82) is 0 Å². The third-order valence-corrected chi connectivity index (χ3v) is 3.90. The fourth-order valence-corrected chi connectivity index (χ4v) is 2.77. The molecule has 0 aliphatic carbocycles. The minimum atomic E-state index is -0.00407. The Labute approximate surface area is 129 Å². The summed E-state index contributed by atoms with van der Waals surface area (Å²) in [5, 5.41) is 4.78. The first kappa shape index (κ1) is 15.7. The van der Waals surface area contributed by atoms with E-state index in [4.69, 9.17) is 10.3 Å². The van der Waals surface area contributed by atoms with E-state index in [-0.39, 0.29) is 24.4 Å². The van der Waals surface area contributed by atoms with Crippen molar-refractivity contribution in [2.75, 3.05) is 13.1 Å². The van der Waals surface area contributed by atoms with E-state index in [0.717, 1.165) is 36.9 Å². The molecule has 1 aliphatic heterocycles. The maximum absolute atomic E-state index is 12.6. The molecule has 3 heterocycles. The van der Waals surface area contributed by atoms with E-state index in [0.29, 0.717) is 17.8 Å². The Bertz CT molecular complexity index is 643. The van der Waals surface area contributed by atoms with Crippen LogP contribution in [0.3, 0.4) is 0 Å². The largest absolute Gasteiger partial charge is 0.336 e. The monoisotopic (exact) mass is 310 g/mol. The van der Waals surface area contributed by atoms with Gasteiger partial charge in [0, 0.05) is 25.3 Å². The number of likely N-dealkylation sites (tertiary alicyclic amines) is 1. The summed E-state index contributed by atoms with van der Waals surface area (Å²) in [5.41, 5.74) is 7.62. The molecule has 21 heavy (non-hydrogen) atoms. The van der Waals surface area contributed by atoms with Crippen molar-refractivity contribution in [2.24, 2.45) is 5.73 Å². The van der Waals surface area contributed by atoms with Gasteiger partial charge in [0.25, 0.3) is 11.6 Å². The van der Waals surface area contributed by atoms with Gasteiger partial charge >= 0.3 is 0 Å². The molecule has 2 aromatic heterocycles. The molecular weight excluding hydrogens is 292 g/mol. The van der Waals surface area contributed by atoms with Crippen LogP contribution >= 0.6 is 12.4 Å². The minimum Gasteiger partial charge on any atom is -0.336 e. The highest BCUT2D eigenvalue weighted by molar-refractivity contribution is 5.97. The van der Waals surface area contributed by atoms with Crippen molar-refractivity contribution in [2.45, 2.75) is 32.2 Å². The smallest absolute Gasteiger partial charge is 0.257 e. The lowest BCUT2D eigenvalue weighted by Gasteiger charge is -2.23. The standard InChI is InChI=1S/C14H18N4O2.ClH/c1-2-12-11-6-9(8-16-13(11)20-17-12)14(19)18-5-3-4-10(18)7-15;/h6,8,10H,2-5,7,15H2,1H3;1H. The fraction of sp³-hybridized carbons (Fsp3) is 0.500. The van der Waals surface area contributed by atoms with Gasteiger partial charge in [0.2, 0.25) is 0 Å². The third-order valence-electron chi connectivity index (χ3n) is 3.90. The highest BCUT2D eigenvalue weighted by atomic mass is 35.5. The summed E-state index contributed by atoms with van der Waals surface area (Å²) in [4.78, 5) is 18.6. The number of hydrogen-bond donors (Lipinski definition) is 1. The Morgan fingerprint density at radius 1 is 1.57 bits per heavy atom. The average Bonchev–Trinajstić information content (AvgIpc) is 3.11. The molecule has 0 saturated carbocycles. The number of pyridine rings is 1. The van der Waals surface area contributed by atoms with Crippen LogP contribution in [-0.4, -0.2) is 40.1 Å². The zero-order chi connectivity index (χ0) is 14.1. The molecule has 0 spiro atoms. The number of carbonyl (C=O) groups is 1. The van der Waals surface area contributed by atoms with Gasteiger partial charge < -0.3 is 15.2 Å².